The van der Waals surface area contributed by atoms with Gasteiger partial charge in [-0.2, -0.15) is 0 Å². The van der Waals surface area contributed by atoms with Crippen molar-refractivity contribution in [2.24, 2.45) is 5.92 Å². The van der Waals surface area contributed by atoms with Gasteiger partial charge in [0, 0.05) is 23.8 Å². The summed E-state index contributed by atoms with van der Waals surface area (Å²) >= 11 is 7.31. The van der Waals surface area contributed by atoms with Crippen LogP contribution in [0.4, 0.5) is 0 Å². The molecular weight excluding hydrogens is 242 g/mol. The fraction of sp³-hybridized carbons (Fsp3) is 0.583. The van der Waals surface area contributed by atoms with Gasteiger partial charge in [0.25, 0.3) is 5.91 Å². The number of amides is 1. The molecule has 2 heterocycles. The molecule has 88 valence electrons. The second-order valence-corrected chi connectivity index (χ2v) is 5.96. The lowest BCUT2D eigenvalue weighted by molar-refractivity contribution is 0.0791. The summed E-state index contributed by atoms with van der Waals surface area (Å²) in [6, 6.07) is 3.93. The Labute approximate surface area is 105 Å². The molecule has 0 saturated carbocycles. The highest BCUT2D eigenvalue weighted by Crippen LogP contribution is 2.24. The van der Waals surface area contributed by atoms with Crippen LogP contribution in [0.15, 0.2) is 12.1 Å². The van der Waals surface area contributed by atoms with Gasteiger partial charge >= 0.3 is 0 Å². The first-order valence-electron chi connectivity index (χ1n) is 5.62. The fourth-order valence-electron chi connectivity index (χ4n) is 2.11. The third-order valence-electron chi connectivity index (χ3n) is 3.04. The summed E-state index contributed by atoms with van der Waals surface area (Å²) in [6.45, 7) is 3.79. The van der Waals surface area contributed by atoms with E-state index < -0.39 is 0 Å². The van der Waals surface area contributed by atoms with E-state index in [4.69, 9.17) is 11.6 Å². The quantitative estimate of drug-likeness (QED) is 0.762. The van der Waals surface area contributed by atoms with Crippen molar-refractivity contribution in [3.05, 3.63) is 21.9 Å². The summed E-state index contributed by atoms with van der Waals surface area (Å²) in [5.74, 6) is 1.49. The Morgan fingerprint density at radius 3 is 3.06 bits per heavy atom. The van der Waals surface area contributed by atoms with Crippen LogP contribution < -0.4 is 0 Å². The standard InChI is InChI=1S/C12H16ClNOS/c1-9-2-3-11(16-9)12(15)14-7-5-10(8-14)4-6-13/h2-3,10H,4-8H2,1H3. The van der Waals surface area contributed by atoms with E-state index in [9.17, 15) is 4.79 Å². The summed E-state index contributed by atoms with van der Waals surface area (Å²) in [7, 11) is 0. The molecule has 0 radical (unpaired) electrons. The van der Waals surface area contributed by atoms with Crippen molar-refractivity contribution in [2.75, 3.05) is 19.0 Å². The molecule has 0 aliphatic carbocycles. The molecular formula is C12H16ClNOS. The van der Waals surface area contributed by atoms with Crippen molar-refractivity contribution in [2.45, 2.75) is 19.8 Å². The predicted molar refractivity (Wildman–Crippen MR) is 68.4 cm³/mol. The van der Waals surface area contributed by atoms with Crippen molar-refractivity contribution in [1.29, 1.82) is 0 Å². The van der Waals surface area contributed by atoms with E-state index >= 15 is 0 Å². The summed E-state index contributed by atoms with van der Waals surface area (Å²) in [5, 5.41) is 0. The molecule has 0 spiro atoms. The maximum Gasteiger partial charge on any atom is 0.263 e. The molecule has 1 aromatic rings. The molecule has 0 bridgehead atoms. The minimum absolute atomic E-state index is 0.190. The van der Waals surface area contributed by atoms with Crippen molar-refractivity contribution >= 4 is 28.8 Å². The molecule has 2 rings (SSSR count). The number of halogens is 1. The van der Waals surface area contributed by atoms with E-state index in [1.165, 1.54) is 4.88 Å². The Hall–Kier alpha value is -0.540. The van der Waals surface area contributed by atoms with E-state index in [1.54, 1.807) is 11.3 Å². The van der Waals surface area contributed by atoms with Gasteiger partial charge in [0.05, 0.1) is 4.88 Å². The summed E-state index contributed by atoms with van der Waals surface area (Å²) in [5.41, 5.74) is 0. The lowest BCUT2D eigenvalue weighted by atomic mass is 10.1. The van der Waals surface area contributed by atoms with Crippen molar-refractivity contribution in [3.8, 4) is 0 Å². The molecule has 16 heavy (non-hydrogen) atoms. The fourth-order valence-corrected chi connectivity index (χ4v) is 3.26. The molecule has 1 saturated heterocycles. The van der Waals surface area contributed by atoms with Crippen molar-refractivity contribution in [3.63, 3.8) is 0 Å². The Bertz CT molecular complexity index is 377. The average molecular weight is 258 g/mol. The molecule has 1 fully saturated rings. The van der Waals surface area contributed by atoms with E-state index in [0.717, 1.165) is 30.8 Å². The van der Waals surface area contributed by atoms with Gasteiger partial charge in [-0.05, 0) is 37.8 Å². The third-order valence-corrected chi connectivity index (χ3v) is 4.25. The second kappa shape index (κ2) is 5.19. The molecule has 0 N–H and O–H groups in total. The molecule has 2 nitrogen and oxygen atoms in total. The highest BCUT2D eigenvalue weighted by atomic mass is 35.5. The number of likely N-dealkylation sites (tertiary alicyclic amines) is 1. The molecule has 1 atom stereocenters. The zero-order valence-corrected chi connectivity index (χ0v) is 11.0. The third kappa shape index (κ3) is 2.58. The van der Waals surface area contributed by atoms with Gasteiger partial charge < -0.3 is 4.90 Å². The first kappa shape index (κ1) is 11.9. The number of carbonyl (C=O) groups is 1. The number of rotatable bonds is 3. The summed E-state index contributed by atoms with van der Waals surface area (Å²) in [6.07, 6.45) is 2.12. The molecule has 1 aliphatic heterocycles. The lowest BCUT2D eigenvalue weighted by Gasteiger charge is -2.15. The van der Waals surface area contributed by atoms with Crippen LogP contribution in [0.3, 0.4) is 0 Å². The maximum atomic E-state index is 12.1. The molecule has 1 unspecified atom stereocenters. The maximum absolute atomic E-state index is 12.1. The van der Waals surface area contributed by atoms with Crippen LogP contribution in [-0.2, 0) is 0 Å². The SMILES string of the molecule is Cc1ccc(C(=O)N2CCC(CCCl)C2)s1. The van der Waals surface area contributed by atoms with Crippen LogP contribution in [0.5, 0.6) is 0 Å². The van der Waals surface area contributed by atoms with E-state index in [1.807, 2.05) is 24.0 Å². The van der Waals surface area contributed by atoms with Gasteiger partial charge in [-0.1, -0.05) is 0 Å². The normalized spacial score (nSPS) is 20.4. The average Bonchev–Trinajstić information content (AvgIpc) is 2.87. The second-order valence-electron chi connectivity index (χ2n) is 4.29. The zero-order valence-electron chi connectivity index (χ0n) is 9.41. The molecule has 4 heteroatoms. The Kier molecular flexibility index (Phi) is 3.87. The monoisotopic (exact) mass is 257 g/mol. The minimum Gasteiger partial charge on any atom is -0.338 e. The van der Waals surface area contributed by atoms with E-state index in [2.05, 4.69) is 0 Å². The number of aryl methyl sites for hydroxylation is 1. The van der Waals surface area contributed by atoms with Crippen molar-refractivity contribution in [1.82, 2.24) is 4.90 Å². The van der Waals surface area contributed by atoms with E-state index in [0.29, 0.717) is 11.8 Å². The summed E-state index contributed by atoms with van der Waals surface area (Å²) < 4.78 is 0. The Balaban J connectivity index is 1.97. The number of alkyl halides is 1. The van der Waals surface area contributed by atoms with Crippen LogP contribution in [-0.4, -0.2) is 29.8 Å². The van der Waals surface area contributed by atoms with Gasteiger partial charge in [0.15, 0.2) is 0 Å². The number of nitrogens with zero attached hydrogens (tertiary/aromatic N) is 1. The number of hydrogen-bond acceptors (Lipinski definition) is 2. The molecule has 1 amide bonds. The largest absolute Gasteiger partial charge is 0.338 e. The first-order valence-corrected chi connectivity index (χ1v) is 6.97. The Morgan fingerprint density at radius 2 is 2.44 bits per heavy atom. The first-order chi connectivity index (χ1) is 7.70. The number of carbonyl (C=O) groups excluding carboxylic acids is 1. The van der Waals surface area contributed by atoms with E-state index in [-0.39, 0.29) is 5.91 Å². The van der Waals surface area contributed by atoms with Gasteiger partial charge in [-0.15, -0.1) is 22.9 Å². The number of hydrogen-bond donors (Lipinski definition) is 0. The molecule has 0 aromatic carbocycles. The van der Waals surface area contributed by atoms with Crippen LogP contribution in [0.2, 0.25) is 0 Å². The van der Waals surface area contributed by atoms with Crippen LogP contribution >= 0.6 is 22.9 Å². The zero-order chi connectivity index (χ0) is 11.5. The summed E-state index contributed by atoms with van der Waals surface area (Å²) in [4.78, 5) is 16.1. The Morgan fingerprint density at radius 1 is 1.62 bits per heavy atom. The van der Waals surface area contributed by atoms with Crippen LogP contribution in [0.1, 0.15) is 27.4 Å². The predicted octanol–water partition coefficient (Wildman–Crippen LogP) is 3.15. The minimum atomic E-state index is 0.190. The molecule has 1 aliphatic rings. The van der Waals surface area contributed by atoms with Gasteiger partial charge in [-0.25, -0.2) is 0 Å². The van der Waals surface area contributed by atoms with Gasteiger partial charge in [0.1, 0.15) is 0 Å². The number of thiophene rings is 1. The van der Waals surface area contributed by atoms with Gasteiger partial charge in [0.2, 0.25) is 0 Å². The smallest absolute Gasteiger partial charge is 0.263 e. The lowest BCUT2D eigenvalue weighted by Crippen LogP contribution is -2.28. The van der Waals surface area contributed by atoms with Crippen LogP contribution in [0.25, 0.3) is 0 Å². The highest BCUT2D eigenvalue weighted by Gasteiger charge is 2.26. The molecule has 1 aromatic heterocycles. The topological polar surface area (TPSA) is 20.3 Å². The van der Waals surface area contributed by atoms with Crippen molar-refractivity contribution < 1.29 is 4.79 Å². The highest BCUT2D eigenvalue weighted by molar-refractivity contribution is 7.13. The van der Waals surface area contributed by atoms with Crippen LogP contribution in [0, 0.1) is 12.8 Å². The van der Waals surface area contributed by atoms with Gasteiger partial charge in [-0.3, -0.25) is 4.79 Å².